The SMILES string of the molecule is O=C(NC1CCN(Cc2ccc(-c3nc4ccccc4nc3-c3ccccc3)cc2)C1)c1cc(F)cc(F)c1. The number of fused-ring (bicyclic) bond motifs is 1. The van der Waals surface area contributed by atoms with Gasteiger partial charge in [-0.15, -0.1) is 0 Å². The van der Waals surface area contributed by atoms with Crippen molar-refractivity contribution in [3.8, 4) is 22.5 Å². The van der Waals surface area contributed by atoms with Gasteiger partial charge in [0.2, 0.25) is 0 Å². The number of aromatic nitrogens is 2. The molecule has 5 nitrogen and oxygen atoms in total. The Morgan fingerprint density at radius 3 is 2.03 bits per heavy atom. The van der Waals surface area contributed by atoms with Crippen molar-refractivity contribution >= 4 is 16.9 Å². The molecule has 0 saturated carbocycles. The fourth-order valence-corrected chi connectivity index (χ4v) is 5.07. The summed E-state index contributed by atoms with van der Waals surface area (Å²) in [7, 11) is 0. The molecule has 1 aliphatic heterocycles. The van der Waals surface area contributed by atoms with Gasteiger partial charge in [-0.2, -0.15) is 0 Å². The van der Waals surface area contributed by atoms with Crippen molar-refractivity contribution < 1.29 is 13.6 Å². The minimum absolute atomic E-state index is 0.00630. The monoisotopic (exact) mass is 520 g/mol. The molecule has 0 radical (unpaired) electrons. The highest BCUT2D eigenvalue weighted by Gasteiger charge is 2.25. The van der Waals surface area contributed by atoms with Crippen molar-refractivity contribution in [2.75, 3.05) is 13.1 Å². The van der Waals surface area contributed by atoms with Gasteiger partial charge < -0.3 is 5.32 Å². The Kier molecular flexibility index (Phi) is 6.82. The minimum Gasteiger partial charge on any atom is -0.348 e. The molecule has 1 aromatic heterocycles. The lowest BCUT2D eigenvalue weighted by Crippen LogP contribution is -2.37. The summed E-state index contributed by atoms with van der Waals surface area (Å²) in [6.07, 6.45) is 0.773. The summed E-state index contributed by atoms with van der Waals surface area (Å²) in [5, 5.41) is 2.90. The van der Waals surface area contributed by atoms with Crippen LogP contribution in [-0.2, 0) is 6.54 Å². The maximum Gasteiger partial charge on any atom is 0.251 e. The average Bonchev–Trinajstić information content (AvgIpc) is 3.39. The topological polar surface area (TPSA) is 58.1 Å². The van der Waals surface area contributed by atoms with Crippen molar-refractivity contribution in [1.29, 1.82) is 0 Å². The molecule has 1 atom stereocenters. The molecule has 2 heterocycles. The maximum absolute atomic E-state index is 13.5. The number of nitrogens with one attached hydrogen (secondary N) is 1. The number of hydrogen-bond donors (Lipinski definition) is 1. The summed E-state index contributed by atoms with van der Waals surface area (Å²) in [5.74, 6) is -1.99. The summed E-state index contributed by atoms with van der Waals surface area (Å²) in [4.78, 5) is 24.7. The van der Waals surface area contributed by atoms with Crippen LogP contribution < -0.4 is 5.32 Å². The van der Waals surface area contributed by atoms with Crippen LogP contribution >= 0.6 is 0 Å². The smallest absolute Gasteiger partial charge is 0.251 e. The minimum atomic E-state index is -0.762. The van der Waals surface area contributed by atoms with Gasteiger partial charge in [-0.1, -0.05) is 66.7 Å². The van der Waals surface area contributed by atoms with E-state index in [1.807, 2.05) is 54.6 Å². The van der Waals surface area contributed by atoms with E-state index in [1.165, 1.54) is 0 Å². The number of amides is 1. The van der Waals surface area contributed by atoms with E-state index in [-0.39, 0.29) is 11.6 Å². The van der Waals surface area contributed by atoms with Crippen LogP contribution in [0.2, 0.25) is 0 Å². The Hall–Kier alpha value is -4.49. The van der Waals surface area contributed by atoms with E-state index < -0.39 is 17.5 Å². The van der Waals surface area contributed by atoms with E-state index in [0.717, 1.165) is 76.8 Å². The van der Waals surface area contributed by atoms with Crippen molar-refractivity contribution in [3.63, 3.8) is 0 Å². The van der Waals surface area contributed by atoms with Gasteiger partial charge >= 0.3 is 0 Å². The van der Waals surface area contributed by atoms with Crippen LogP contribution in [0.4, 0.5) is 8.78 Å². The molecule has 0 bridgehead atoms. The molecule has 1 unspecified atom stereocenters. The van der Waals surface area contributed by atoms with Crippen LogP contribution in [0.3, 0.4) is 0 Å². The largest absolute Gasteiger partial charge is 0.348 e. The molecule has 7 heteroatoms. The van der Waals surface area contributed by atoms with Gasteiger partial charge in [0.1, 0.15) is 11.6 Å². The van der Waals surface area contributed by atoms with Gasteiger partial charge in [0, 0.05) is 48.4 Å². The zero-order valence-electron chi connectivity index (χ0n) is 21.1. The normalized spacial score (nSPS) is 15.5. The predicted octanol–water partition coefficient (Wildman–Crippen LogP) is 6.25. The van der Waals surface area contributed by atoms with Crippen LogP contribution in [0.1, 0.15) is 22.3 Å². The highest BCUT2D eigenvalue weighted by atomic mass is 19.1. The number of benzene rings is 4. The second kappa shape index (κ2) is 10.7. The van der Waals surface area contributed by atoms with Crippen LogP contribution in [0.25, 0.3) is 33.5 Å². The molecule has 5 aromatic rings. The number of rotatable bonds is 6. The Labute approximate surface area is 225 Å². The lowest BCUT2D eigenvalue weighted by molar-refractivity contribution is 0.0936. The van der Waals surface area contributed by atoms with E-state index in [9.17, 15) is 13.6 Å². The van der Waals surface area contributed by atoms with Gasteiger partial charge in [0.25, 0.3) is 5.91 Å². The van der Waals surface area contributed by atoms with Crippen molar-refractivity contribution in [2.24, 2.45) is 0 Å². The van der Waals surface area contributed by atoms with Crippen molar-refractivity contribution in [1.82, 2.24) is 20.2 Å². The molecule has 39 heavy (non-hydrogen) atoms. The summed E-state index contributed by atoms with van der Waals surface area (Å²) < 4.78 is 27.0. The van der Waals surface area contributed by atoms with E-state index >= 15 is 0 Å². The molecule has 1 aliphatic rings. The van der Waals surface area contributed by atoms with Crippen LogP contribution in [0, 0.1) is 11.6 Å². The third-order valence-electron chi connectivity index (χ3n) is 6.98. The molecule has 1 N–H and O–H groups in total. The van der Waals surface area contributed by atoms with E-state index in [2.05, 4.69) is 34.5 Å². The second-order valence-corrected chi connectivity index (χ2v) is 9.82. The Morgan fingerprint density at radius 1 is 0.795 bits per heavy atom. The first-order valence-electron chi connectivity index (χ1n) is 12.9. The first-order chi connectivity index (χ1) is 19.0. The van der Waals surface area contributed by atoms with E-state index in [1.54, 1.807) is 0 Å². The lowest BCUT2D eigenvalue weighted by atomic mass is 10.0. The van der Waals surface area contributed by atoms with Crippen LogP contribution in [-0.4, -0.2) is 39.9 Å². The predicted molar refractivity (Wildman–Crippen MR) is 148 cm³/mol. The van der Waals surface area contributed by atoms with Gasteiger partial charge in [0.15, 0.2) is 0 Å². The van der Waals surface area contributed by atoms with E-state index in [4.69, 9.17) is 9.97 Å². The number of halogens is 2. The third-order valence-corrected chi connectivity index (χ3v) is 6.98. The maximum atomic E-state index is 13.5. The van der Waals surface area contributed by atoms with Gasteiger partial charge in [-0.05, 0) is 36.2 Å². The number of likely N-dealkylation sites (tertiary alicyclic amines) is 1. The molecule has 6 rings (SSSR count). The van der Waals surface area contributed by atoms with E-state index in [0.29, 0.717) is 6.54 Å². The standard InChI is InChI=1S/C32H26F2N4O/c33-25-16-24(17-26(34)18-25)32(39)35-27-14-15-38(20-27)19-21-10-12-23(13-11-21)31-30(22-6-2-1-3-7-22)36-28-8-4-5-9-29(28)37-31/h1-13,16-18,27H,14-15,19-20H2,(H,35,39). The summed E-state index contributed by atoms with van der Waals surface area (Å²) in [6, 6.07) is 29.1. The molecule has 4 aromatic carbocycles. The van der Waals surface area contributed by atoms with Crippen molar-refractivity contribution in [2.45, 2.75) is 19.0 Å². The fraction of sp³-hybridized carbons (Fsp3) is 0.156. The molecule has 1 amide bonds. The molecule has 1 saturated heterocycles. The highest BCUT2D eigenvalue weighted by Crippen LogP contribution is 2.31. The molecular weight excluding hydrogens is 494 g/mol. The number of nitrogens with zero attached hydrogens (tertiary/aromatic N) is 3. The molecule has 194 valence electrons. The molecule has 1 fully saturated rings. The Morgan fingerprint density at radius 2 is 1.38 bits per heavy atom. The number of carbonyl (C=O) groups is 1. The van der Waals surface area contributed by atoms with Crippen molar-refractivity contribution in [3.05, 3.63) is 120 Å². The number of para-hydroxylation sites is 2. The third kappa shape index (κ3) is 5.54. The molecule has 0 spiro atoms. The zero-order chi connectivity index (χ0) is 26.8. The summed E-state index contributed by atoms with van der Waals surface area (Å²) in [6.45, 7) is 2.22. The van der Waals surface area contributed by atoms with Gasteiger partial charge in [0.05, 0.1) is 22.4 Å². The first kappa shape index (κ1) is 24.8. The van der Waals surface area contributed by atoms with Gasteiger partial charge in [-0.3, -0.25) is 9.69 Å². The average molecular weight is 521 g/mol. The quantitative estimate of drug-likeness (QED) is 0.288. The molecule has 0 aliphatic carbocycles. The Balaban J connectivity index is 1.16. The number of carbonyl (C=O) groups excluding carboxylic acids is 1. The lowest BCUT2D eigenvalue weighted by Gasteiger charge is -2.17. The summed E-state index contributed by atoms with van der Waals surface area (Å²) in [5.41, 5.74) is 6.53. The van der Waals surface area contributed by atoms with Gasteiger partial charge in [-0.25, -0.2) is 18.7 Å². The number of hydrogen-bond acceptors (Lipinski definition) is 4. The van der Waals surface area contributed by atoms with Crippen LogP contribution in [0.15, 0.2) is 97.1 Å². The summed E-state index contributed by atoms with van der Waals surface area (Å²) >= 11 is 0. The molecular formula is C32H26F2N4O. The van der Waals surface area contributed by atoms with Crippen LogP contribution in [0.5, 0.6) is 0 Å². The Bertz CT molecular complexity index is 1620. The first-order valence-corrected chi connectivity index (χ1v) is 12.9. The fourth-order valence-electron chi connectivity index (χ4n) is 5.07. The zero-order valence-corrected chi connectivity index (χ0v) is 21.1. The highest BCUT2D eigenvalue weighted by molar-refractivity contribution is 5.94. The second-order valence-electron chi connectivity index (χ2n) is 9.82.